The van der Waals surface area contributed by atoms with Crippen LogP contribution in [0.4, 0.5) is 0 Å². The summed E-state index contributed by atoms with van der Waals surface area (Å²) in [5.74, 6) is 10.6. The largest absolute Gasteiger partial charge is 0.403 e. The van der Waals surface area contributed by atoms with Crippen molar-refractivity contribution in [2.75, 3.05) is 13.7 Å². The summed E-state index contributed by atoms with van der Waals surface area (Å²) >= 11 is 0. The molecule has 4 N–H and O–H groups in total. The van der Waals surface area contributed by atoms with Crippen molar-refractivity contribution in [1.29, 1.82) is 0 Å². The van der Waals surface area contributed by atoms with Crippen LogP contribution in [0.3, 0.4) is 0 Å². The third kappa shape index (κ3) is 3.39. The summed E-state index contributed by atoms with van der Waals surface area (Å²) < 4.78 is 5.69. The van der Waals surface area contributed by atoms with Crippen LogP contribution < -0.4 is 11.6 Å². The molecule has 8 atom stereocenters. The Bertz CT molecular complexity index is 609. The van der Waals surface area contributed by atoms with Crippen molar-refractivity contribution in [1.82, 2.24) is 5.01 Å². The maximum absolute atomic E-state index is 13.0. The number of rotatable bonds is 5. The first-order valence-electron chi connectivity index (χ1n) is 11.4. The average Bonchev–Trinajstić information content (AvgIpc) is 3.04. The van der Waals surface area contributed by atoms with Crippen molar-refractivity contribution in [3.8, 4) is 0 Å². The quantitative estimate of drug-likeness (QED) is 0.556. The fourth-order valence-corrected chi connectivity index (χ4v) is 8.01. The first-order valence-corrected chi connectivity index (χ1v) is 11.4. The molecule has 4 rings (SSSR count). The normalized spacial score (nSPS) is 45.3. The van der Waals surface area contributed by atoms with Crippen LogP contribution in [0.5, 0.6) is 0 Å². The number of Topliss-reactive ketones (excluding diaryl/α,β-unsaturated/α-hetero) is 1. The molecule has 0 saturated heterocycles. The third-order valence-corrected chi connectivity index (χ3v) is 9.24. The molecule has 4 aliphatic carbocycles. The zero-order chi connectivity index (χ0) is 19.9. The van der Waals surface area contributed by atoms with Gasteiger partial charge in [0.1, 0.15) is 0 Å². The molecule has 0 radical (unpaired) electrons. The number of hydrogen-bond acceptors (Lipinski definition) is 5. The number of ether oxygens (including phenoxy) is 1. The van der Waals surface area contributed by atoms with Crippen LogP contribution in [0.25, 0.3) is 0 Å². The number of methoxy groups -OCH3 is 1. The van der Waals surface area contributed by atoms with Gasteiger partial charge in [0.15, 0.2) is 5.78 Å². The van der Waals surface area contributed by atoms with Crippen molar-refractivity contribution in [2.45, 2.75) is 70.8 Å². The molecule has 0 aromatic heterocycles. The number of carbonyl (C=O) groups excluding carboxylic acids is 1. The van der Waals surface area contributed by atoms with Crippen LogP contribution >= 0.6 is 0 Å². The fraction of sp³-hybridized carbons (Fsp3) is 0.870. The van der Waals surface area contributed by atoms with Gasteiger partial charge in [0.25, 0.3) is 0 Å². The standard InChI is InChI=1S/C23H39N3O2/c1-23-10-9-18-17-6-4-16(28-2)13-15(17)3-5-19(18)20(23)7-8-21(23)22(27)14-26(25)12-11-24/h11-12,15-21H,3-10,13-14,24-25H2,1-2H3/b12-11-. The molecule has 5 heteroatoms. The Labute approximate surface area is 170 Å². The molecule has 0 aromatic carbocycles. The Morgan fingerprint density at radius 3 is 2.64 bits per heavy atom. The fourth-order valence-electron chi connectivity index (χ4n) is 8.01. The summed E-state index contributed by atoms with van der Waals surface area (Å²) in [7, 11) is 1.88. The molecule has 0 amide bonds. The molecular weight excluding hydrogens is 350 g/mol. The van der Waals surface area contributed by atoms with Crippen LogP contribution in [-0.2, 0) is 9.53 Å². The Morgan fingerprint density at radius 1 is 1.11 bits per heavy atom. The second-order valence-electron chi connectivity index (χ2n) is 10.3. The zero-order valence-electron chi connectivity index (χ0n) is 17.7. The molecule has 0 bridgehead atoms. The van der Waals surface area contributed by atoms with Crippen LogP contribution in [0.2, 0.25) is 0 Å². The van der Waals surface area contributed by atoms with Crippen molar-refractivity contribution >= 4 is 5.78 Å². The van der Waals surface area contributed by atoms with E-state index < -0.39 is 0 Å². The van der Waals surface area contributed by atoms with Gasteiger partial charge in [-0.05, 0) is 92.8 Å². The number of ketones is 1. The van der Waals surface area contributed by atoms with E-state index in [2.05, 4.69) is 6.92 Å². The van der Waals surface area contributed by atoms with Gasteiger partial charge < -0.3 is 15.5 Å². The highest BCUT2D eigenvalue weighted by Crippen LogP contribution is 2.64. The number of hydrazine groups is 1. The zero-order valence-corrected chi connectivity index (χ0v) is 17.7. The van der Waals surface area contributed by atoms with Gasteiger partial charge in [0, 0.05) is 25.4 Å². The number of nitrogens with zero attached hydrogens (tertiary/aromatic N) is 1. The van der Waals surface area contributed by atoms with E-state index in [0.29, 0.717) is 11.9 Å². The van der Waals surface area contributed by atoms with Crippen LogP contribution in [0.1, 0.15) is 64.7 Å². The van der Waals surface area contributed by atoms with Crippen molar-refractivity contribution in [2.24, 2.45) is 52.5 Å². The summed E-state index contributed by atoms with van der Waals surface area (Å²) in [6.45, 7) is 2.69. The van der Waals surface area contributed by atoms with E-state index in [9.17, 15) is 4.79 Å². The van der Waals surface area contributed by atoms with Crippen LogP contribution in [0, 0.1) is 40.9 Å². The second-order valence-corrected chi connectivity index (χ2v) is 10.3. The average molecular weight is 390 g/mol. The topological polar surface area (TPSA) is 81.6 Å². The highest BCUT2D eigenvalue weighted by Gasteiger charge is 2.58. The molecule has 4 saturated carbocycles. The van der Waals surface area contributed by atoms with Gasteiger partial charge in [0.2, 0.25) is 0 Å². The van der Waals surface area contributed by atoms with Gasteiger partial charge >= 0.3 is 0 Å². The van der Waals surface area contributed by atoms with Crippen LogP contribution in [-0.4, -0.2) is 30.6 Å². The number of carbonyl (C=O) groups is 1. The molecule has 8 unspecified atom stereocenters. The molecule has 158 valence electrons. The lowest BCUT2D eigenvalue weighted by Crippen LogP contribution is -2.50. The van der Waals surface area contributed by atoms with E-state index >= 15 is 0 Å². The number of fused-ring (bicyclic) bond motifs is 5. The monoisotopic (exact) mass is 389 g/mol. The lowest BCUT2D eigenvalue weighted by Gasteiger charge is -2.56. The highest BCUT2D eigenvalue weighted by molar-refractivity contribution is 5.84. The van der Waals surface area contributed by atoms with Crippen molar-refractivity contribution in [3.05, 3.63) is 12.4 Å². The minimum Gasteiger partial charge on any atom is -0.403 e. The minimum absolute atomic E-state index is 0.164. The van der Waals surface area contributed by atoms with Crippen LogP contribution in [0.15, 0.2) is 12.4 Å². The first kappa shape index (κ1) is 20.2. The Balaban J connectivity index is 1.46. The molecular formula is C23H39N3O2. The van der Waals surface area contributed by atoms with E-state index in [0.717, 1.165) is 36.0 Å². The molecule has 0 aromatic rings. The number of nitrogens with two attached hydrogens (primary N) is 2. The first-order chi connectivity index (χ1) is 13.5. The molecule has 0 spiro atoms. The van der Waals surface area contributed by atoms with E-state index in [-0.39, 0.29) is 17.9 Å². The number of hydrogen-bond donors (Lipinski definition) is 2. The third-order valence-electron chi connectivity index (χ3n) is 9.24. The molecule has 0 aliphatic heterocycles. The maximum atomic E-state index is 13.0. The smallest absolute Gasteiger partial charge is 0.157 e. The van der Waals surface area contributed by atoms with Gasteiger partial charge in [-0.1, -0.05) is 6.92 Å². The second kappa shape index (κ2) is 7.98. The summed E-state index contributed by atoms with van der Waals surface area (Å²) in [5.41, 5.74) is 5.58. The summed E-state index contributed by atoms with van der Waals surface area (Å²) in [5, 5.41) is 1.43. The SMILES string of the molecule is COC1CCC2C(CCC3C2CCC2(C)C(C(=O)CN(N)/C=C\N)CCC32)C1. The van der Waals surface area contributed by atoms with E-state index in [1.807, 2.05) is 7.11 Å². The van der Waals surface area contributed by atoms with E-state index in [1.165, 1.54) is 62.6 Å². The summed E-state index contributed by atoms with van der Waals surface area (Å²) in [6, 6.07) is 0. The molecule has 0 heterocycles. The van der Waals surface area contributed by atoms with E-state index in [1.54, 1.807) is 6.20 Å². The van der Waals surface area contributed by atoms with Crippen molar-refractivity contribution in [3.63, 3.8) is 0 Å². The molecule has 4 aliphatic rings. The Hall–Kier alpha value is -1.07. The van der Waals surface area contributed by atoms with Gasteiger partial charge in [-0.3, -0.25) is 4.79 Å². The summed E-state index contributed by atoms with van der Waals surface area (Å²) in [4.78, 5) is 13.0. The maximum Gasteiger partial charge on any atom is 0.157 e. The van der Waals surface area contributed by atoms with Gasteiger partial charge in [-0.25, -0.2) is 5.84 Å². The predicted molar refractivity (Wildman–Crippen MR) is 111 cm³/mol. The minimum atomic E-state index is 0.164. The van der Waals surface area contributed by atoms with Gasteiger partial charge in [-0.2, -0.15) is 0 Å². The highest BCUT2D eigenvalue weighted by atomic mass is 16.5. The Kier molecular flexibility index (Phi) is 5.76. The van der Waals surface area contributed by atoms with E-state index in [4.69, 9.17) is 16.3 Å². The lowest BCUT2D eigenvalue weighted by atomic mass is 9.49. The predicted octanol–water partition coefficient (Wildman–Crippen LogP) is 3.44. The lowest BCUT2D eigenvalue weighted by molar-refractivity contribution is -0.131. The van der Waals surface area contributed by atoms with Crippen molar-refractivity contribution < 1.29 is 9.53 Å². The summed E-state index contributed by atoms with van der Waals surface area (Å²) in [6.07, 6.45) is 14.9. The molecule has 28 heavy (non-hydrogen) atoms. The molecule has 4 fully saturated rings. The van der Waals surface area contributed by atoms with Gasteiger partial charge in [0.05, 0.1) is 12.6 Å². The van der Waals surface area contributed by atoms with Gasteiger partial charge in [-0.15, -0.1) is 0 Å². The molecule has 5 nitrogen and oxygen atoms in total. The Morgan fingerprint density at radius 2 is 1.89 bits per heavy atom.